The SMILES string of the molecule is CCCCc1cn(CCC#N)c(CC)n1. The Hall–Kier alpha value is -1.30. The van der Waals surface area contributed by atoms with Gasteiger partial charge < -0.3 is 4.57 Å². The fourth-order valence-corrected chi connectivity index (χ4v) is 1.64. The lowest BCUT2D eigenvalue weighted by Gasteiger charge is -2.01. The van der Waals surface area contributed by atoms with Crippen molar-refractivity contribution in [2.24, 2.45) is 0 Å². The van der Waals surface area contributed by atoms with Gasteiger partial charge in [-0.1, -0.05) is 20.3 Å². The Bertz CT molecular complexity index is 333. The summed E-state index contributed by atoms with van der Waals surface area (Å²) in [6.07, 6.45) is 7.06. The van der Waals surface area contributed by atoms with E-state index in [0.29, 0.717) is 6.42 Å². The average molecular weight is 205 g/mol. The molecule has 0 N–H and O–H groups in total. The molecule has 0 saturated carbocycles. The molecule has 0 aliphatic carbocycles. The van der Waals surface area contributed by atoms with E-state index in [-0.39, 0.29) is 0 Å². The van der Waals surface area contributed by atoms with Gasteiger partial charge in [-0.3, -0.25) is 0 Å². The molecular formula is C12H19N3. The van der Waals surface area contributed by atoms with E-state index in [1.165, 1.54) is 18.5 Å². The quantitative estimate of drug-likeness (QED) is 0.716. The van der Waals surface area contributed by atoms with Gasteiger partial charge >= 0.3 is 0 Å². The lowest BCUT2D eigenvalue weighted by Crippen LogP contribution is -2.00. The zero-order valence-corrected chi connectivity index (χ0v) is 9.66. The summed E-state index contributed by atoms with van der Waals surface area (Å²) in [4.78, 5) is 4.57. The third-order valence-corrected chi connectivity index (χ3v) is 2.48. The first-order chi connectivity index (χ1) is 7.31. The van der Waals surface area contributed by atoms with Gasteiger partial charge in [0, 0.05) is 19.2 Å². The highest BCUT2D eigenvalue weighted by molar-refractivity contribution is 5.05. The van der Waals surface area contributed by atoms with Crippen molar-refractivity contribution in [2.75, 3.05) is 0 Å². The van der Waals surface area contributed by atoms with Crippen LogP contribution >= 0.6 is 0 Å². The first-order valence-corrected chi connectivity index (χ1v) is 5.73. The first kappa shape index (κ1) is 11.8. The third-order valence-electron chi connectivity index (χ3n) is 2.48. The molecule has 1 aromatic rings. The molecule has 0 amide bonds. The highest BCUT2D eigenvalue weighted by Crippen LogP contribution is 2.08. The van der Waals surface area contributed by atoms with Crippen LogP contribution in [0, 0.1) is 11.3 Å². The second-order valence-corrected chi connectivity index (χ2v) is 3.71. The number of unbranched alkanes of at least 4 members (excludes halogenated alkanes) is 1. The summed E-state index contributed by atoms with van der Waals surface area (Å²) < 4.78 is 2.12. The van der Waals surface area contributed by atoms with Gasteiger partial charge in [0.1, 0.15) is 5.82 Å². The largest absolute Gasteiger partial charge is 0.334 e. The summed E-state index contributed by atoms with van der Waals surface area (Å²) in [6.45, 7) is 5.07. The summed E-state index contributed by atoms with van der Waals surface area (Å²) in [6, 6.07) is 2.17. The highest BCUT2D eigenvalue weighted by atomic mass is 15.1. The number of imidazole rings is 1. The maximum absolute atomic E-state index is 8.56. The molecule has 1 aromatic heterocycles. The molecule has 0 radical (unpaired) electrons. The van der Waals surface area contributed by atoms with Gasteiger partial charge in [-0.2, -0.15) is 5.26 Å². The Kier molecular flexibility index (Phi) is 4.89. The normalized spacial score (nSPS) is 10.2. The molecule has 1 rings (SSSR count). The van der Waals surface area contributed by atoms with Crippen molar-refractivity contribution >= 4 is 0 Å². The lowest BCUT2D eigenvalue weighted by molar-refractivity contribution is 0.670. The van der Waals surface area contributed by atoms with Crippen LogP contribution in [0.3, 0.4) is 0 Å². The molecule has 0 aliphatic heterocycles. The maximum Gasteiger partial charge on any atom is 0.108 e. The summed E-state index contributed by atoms with van der Waals surface area (Å²) in [5.41, 5.74) is 1.17. The van der Waals surface area contributed by atoms with E-state index >= 15 is 0 Å². The summed E-state index contributed by atoms with van der Waals surface area (Å²) in [5.74, 6) is 1.11. The molecule has 1 heterocycles. The Morgan fingerprint density at radius 1 is 1.47 bits per heavy atom. The lowest BCUT2D eigenvalue weighted by atomic mass is 10.2. The molecule has 0 atom stereocenters. The molecule has 0 spiro atoms. The summed E-state index contributed by atoms with van der Waals surface area (Å²) in [7, 11) is 0. The van der Waals surface area contributed by atoms with Crippen LogP contribution in [0.4, 0.5) is 0 Å². The highest BCUT2D eigenvalue weighted by Gasteiger charge is 2.05. The standard InChI is InChI=1S/C12H19N3/c1-3-5-7-11-10-15(9-6-8-13)12(4-2)14-11/h10H,3-7,9H2,1-2H3. The molecule has 0 unspecified atom stereocenters. The minimum absolute atomic E-state index is 0.566. The van der Waals surface area contributed by atoms with Crippen LogP contribution in [0.25, 0.3) is 0 Å². The van der Waals surface area contributed by atoms with Crippen LogP contribution in [0.2, 0.25) is 0 Å². The Morgan fingerprint density at radius 2 is 2.27 bits per heavy atom. The van der Waals surface area contributed by atoms with E-state index in [1.54, 1.807) is 0 Å². The summed E-state index contributed by atoms with van der Waals surface area (Å²) >= 11 is 0. The molecule has 0 fully saturated rings. The Morgan fingerprint density at radius 3 is 2.87 bits per heavy atom. The van der Waals surface area contributed by atoms with Gasteiger partial charge in [0.15, 0.2) is 0 Å². The van der Waals surface area contributed by atoms with Gasteiger partial charge in [0.25, 0.3) is 0 Å². The predicted octanol–water partition coefficient (Wildman–Crippen LogP) is 2.70. The van der Waals surface area contributed by atoms with Crippen LogP contribution < -0.4 is 0 Å². The molecule has 0 aliphatic rings. The number of aryl methyl sites for hydroxylation is 3. The number of rotatable bonds is 6. The predicted molar refractivity (Wildman–Crippen MR) is 60.4 cm³/mol. The van der Waals surface area contributed by atoms with Crippen LogP contribution in [0.5, 0.6) is 0 Å². The number of hydrogen-bond donors (Lipinski definition) is 0. The number of nitriles is 1. The molecular weight excluding hydrogens is 186 g/mol. The van der Waals surface area contributed by atoms with Crippen molar-refractivity contribution in [2.45, 2.75) is 52.5 Å². The molecule has 82 valence electrons. The van der Waals surface area contributed by atoms with Crippen LogP contribution in [-0.4, -0.2) is 9.55 Å². The van der Waals surface area contributed by atoms with Crippen molar-refractivity contribution in [1.82, 2.24) is 9.55 Å². The number of hydrogen-bond acceptors (Lipinski definition) is 2. The number of aromatic nitrogens is 2. The van der Waals surface area contributed by atoms with Crippen molar-refractivity contribution in [3.8, 4) is 6.07 Å². The van der Waals surface area contributed by atoms with E-state index in [1.807, 2.05) is 0 Å². The van der Waals surface area contributed by atoms with E-state index in [4.69, 9.17) is 5.26 Å². The topological polar surface area (TPSA) is 41.6 Å². The monoisotopic (exact) mass is 205 g/mol. The van der Waals surface area contributed by atoms with Crippen molar-refractivity contribution in [3.05, 3.63) is 17.7 Å². The zero-order valence-electron chi connectivity index (χ0n) is 9.66. The van der Waals surface area contributed by atoms with E-state index in [0.717, 1.165) is 25.2 Å². The molecule has 0 aromatic carbocycles. The molecule has 0 bridgehead atoms. The van der Waals surface area contributed by atoms with E-state index < -0.39 is 0 Å². The summed E-state index contributed by atoms with van der Waals surface area (Å²) in [5, 5.41) is 8.56. The minimum atomic E-state index is 0.566. The maximum atomic E-state index is 8.56. The fourth-order valence-electron chi connectivity index (χ4n) is 1.64. The van der Waals surface area contributed by atoms with Gasteiger partial charge in [-0.25, -0.2) is 4.98 Å². The first-order valence-electron chi connectivity index (χ1n) is 5.73. The van der Waals surface area contributed by atoms with Crippen molar-refractivity contribution < 1.29 is 0 Å². The number of nitrogens with zero attached hydrogens (tertiary/aromatic N) is 3. The third kappa shape index (κ3) is 3.39. The zero-order chi connectivity index (χ0) is 11.1. The van der Waals surface area contributed by atoms with E-state index in [2.05, 4.69) is 35.7 Å². The second kappa shape index (κ2) is 6.23. The second-order valence-electron chi connectivity index (χ2n) is 3.71. The van der Waals surface area contributed by atoms with Gasteiger partial charge in [0.05, 0.1) is 18.2 Å². The van der Waals surface area contributed by atoms with Gasteiger partial charge in [-0.05, 0) is 12.8 Å². The van der Waals surface area contributed by atoms with Crippen LogP contribution in [-0.2, 0) is 19.4 Å². The van der Waals surface area contributed by atoms with Crippen molar-refractivity contribution in [3.63, 3.8) is 0 Å². The molecule has 15 heavy (non-hydrogen) atoms. The van der Waals surface area contributed by atoms with Gasteiger partial charge in [-0.15, -0.1) is 0 Å². The van der Waals surface area contributed by atoms with Crippen LogP contribution in [0.15, 0.2) is 6.20 Å². The van der Waals surface area contributed by atoms with Crippen molar-refractivity contribution in [1.29, 1.82) is 5.26 Å². The van der Waals surface area contributed by atoms with Gasteiger partial charge in [0.2, 0.25) is 0 Å². The molecule has 3 heteroatoms. The Balaban J connectivity index is 2.67. The molecule has 0 saturated heterocycles. The smallest absolute Gasteiger partial charge is 0.108 e. The fraction of sp³-hybridized carbons (Fsp3) is 0.667. The van der Waals surface area contributed by atoms with Crippen LogP contribution in [0.1, 0.15) is 44.6 Å². The average Bonchev–Trinajstić information content (AvgIpc) is 2.66. The van der Waals surface area contributed by atoms with E-state index in [9.17, 15) is 0 Å². The minimum Gasteiger partial charge on any atom is -0.334 e. The molecule has 3 nitrogen and oxygen atoms in total. The Labute approximate surface area is 91.7 Å².